The van der Waals surface area contributed by atoms with Gasteiger partial charge in [-0.1, -0.05) is 102 Å². The van der Waals surface area contributed by atoms with Crippen LogP contribution in [0.3, 0.4) is 0 Å². The summed E-state index contributed by atoms with van der Waals surface area (Å²) >= 11 is 0. The molecule has 1 atom stereocenters. The molecule has 1 aliphatic heterocycles. The molecule has 0 fully saturated rings. The second-order valence-electron chi connectivity index (χ2n) is 9.62. The lowest BCUT2D eigenvalue weighted by Gasteiger charge is -2.38. The molecule has 0 bridgehead atoms. The molecule has 3 aromatic rings. The lowest BCUT2D eigenvalue weighted by atomic mass is 9.64. The molecule has 3 aromatic carbocycles. The molecule has 1 nitrogen and oxygen atoms in total. The predicted octanol–water partition coefficient (Wildman–Crippen LogP) is 6.61. The Morgan fingerprint density at radius 1 is 0.794 bits per heavy atom. The van der Waals surface area contributed by atoms with Gasteiger partial charge in [0, 0.05) is 5.92 Å². The van der Waals surface area contributed by atoms with Crippen molar-refractivity contribution in [2.24, 2.45) is 0 Å². The van der Waals surface area contributed by atoms with Crippen LogP contribution in [-0.4, -0.2) is 11.9 Å². The van der Waals surface area contributed by atoms with Crippen LogP contribution in [0.1, 0.15) is 47.4 Å². The zero-order valence-electron chi connectivity index (χ0n) is 19.1. The van der Waals surface area contributed by atoms with E-state index >= 15 is 0 Å². The molecule has 0 radical (unpaired) electrons. The average Bonchev–Trinajstić information content (AvgIpc) is 3.73. The SMILES string of the molecule is C1=CC2=C(CC1)C(c1ccccc1)(c1ccccc1)C1=CC(c3ccc(C4=[N+]=C4)cc3)CC=C12. The van der Waals surface area contributed by atoms with E-state index in [0.717, 1.165) is 25.0 Å². The molecule has 1 heteroatoms. The lowest BCUT2D eigenvalue weighted by molar-refractivity contribution is 0.677. The van der Waals surface area contributed by atoms with Crippen LogP contribution in [0.25, 0.3) is 0 Å². The van der Waals surface area contributed by atoms with Crippen molar-refractivity contribution in [2.75, 3.05) is 0 Å². The van der Waals surface area contributed by atoms with Gasteiger partial charge in [-0.3, -0.25) is 0 Å². The third kappa shape index (κ3) is 2.84. The van der Waals surface area contributed by atoms with Crippen molar-refractivity contribution in [1.29, 1.82) is 0 Å². The standard InChI is InChI=1S/C33H26N/c1-3-9-26(10-4-1)33(27-11-5-2-6-12-27)30-14-8-7-13-28(30)29-20-19-25(21-31(29)33)23-15-17-24(18-16-23)32-22-34-32/h1-7,9-13,15-18,20-22,25H,8,14,19H2/q+1. The maximum atomic E-state index is 4.24. The molecule has 7 rings (SSSR count). The van der Waals surface area contributed by atoms with Crippen molar-refractivity contribution < 1.29 is 0 Å². The zero-order chi connectivity index (χ0) is 22.5. The van der Waals surface area contributed by atoms with Crippen molar-refractivity contribution in [3.05, 3.63) is 154 Å². The summed E-state index contributed by atoms with van der Waals surface area (Å²) < 4.78 is 4.24. The molecule has 0 amide bonds. The first-order chi connectivity index (χ1) is 16.9. The minimum atomic E-state index is -0.231. The lowest BCUT2D eigenvalue weighted by Crippen LogP contribution is -2.31. The topological polar surface area (TPSA) is 14.1 Å². The van der Waals surface area contributed by atoms with E-state index in [0.29, 0.717) is 5.92 Å². The number of rotatable bonds is 4. The van der Waals surface area contributed by atoms with Crippen LogP contribution in [-0.2, 0) is 5.41 Å². The molecular formula is C33H26N+. The summed E-state index contributed by atoms with van der Waals surface area (Å²) in [4.78, 5) is 0. The molecule has 1 unspecified atom stereocenters. The highest BCUT2D eigenvalue weighted by atomic mass is 14.7. The molecule has 0 saturated carbocycles. The number of fused-ring (bicyclic) bond motifs is 2. The summed E-state index contributed by atoms with van der Waals surface area (Å²) in [5.74, 6) is 0.370. The summed E-state index contributed by atoms with van der Waals surface area (Å²) in [5, 5.41) is 0. The van der Waals surface area contributed by atoms with Crippen molar-refractivity contribution in [2.45, 2.75) is 30.6 Å². The van der Waals surface area contributed by atoms with Gasteiger partial charge in [-0.15, -0.1) is 0 Å². The number of hydrogen-bond donors (Lipinski definition) is 0. The minimum absolute atomic E-state index is 0.231. The third-order valence-electron chi connectivity index (χ3n) is 7.86. The van der Waals surface area contributed by atoms with Crippen LogP contribution >= 0.6 is 0 Å². The van der Waals surface area contributed by atoms with E-state index in [9.17, 15) is 0 Å². The first-order valence-electron chi connectivity index (χ1n) is 12.3. The van der Waals surface area contributed by atoms with Crippen LogP contribution in [0.5, 0.6) is 0 Å². The fourth-order valence-electron chi connectivity index (χ4n) is 6.28. The van der Waals surface area contributed by atoms with E-state index in [4.69, 9.17) is 0 Å². The summed E-state index contributed by atoms with van der Waals surface area (Å²) in [6, 6.07) is 31.3. The largest absolute Gasteiger partial charge is 0.415 e. The van der Waals surface area contributed by atoms with Gasteiger partial charge < -0.3 is 0 Å². The number of hydrogen-bond acceptors (Lipinski definition) is 0. The fraction of sp³-hybridized carbons (Fsp3) is 0.152. The van der Waals surface area contributed by atoms with Crippen molar-refractivity contribution in [1.82, 2.24) is 4.67 Å². The van der Waals surface area contributed by atoms with Gasteiger partial charge in [-0.2, -0.15) is 0 Å². The van der Waals surface area contributed by atoms with Crippen LogP contribution in [0.15, 0.2) is 132 Å². The number of nitrogens with zero attached hydrogens (tertiary/aromatic N) is 1. The Bertz CT molecular complexity index is 1430. The van der Waals surface area contributed by atoms with E-state index < -0.39 is 0 Å². The zero-order valence-corrected chi connectivity index (χ0v) is 19.1. The van der Waals surface area contributed by atoms with E-state index in [1.165, 1.54) is 39.0 Å². The van der Waals surface area contributed by atoms with E-state index in [1.807, 2.05) is 6.21 Å². The van der Waals surface area contributed by atoms with E-state index in [1.54, 1.807) is 5.57 Å². The van der Waals surface area contributed by atoms with Crippen LogP contribution < -0.4 is 4.67 Å². The van der Waals surface area contributed by atoms with Gasteiger partial charge in [0.25, 0.3) is 0 Å². The van der Waals surface area contributed by atoms with Gasteiger partial charge in [0.05, 0.1) is 11.0 Å². The van der Waals surface area contributed by atoms with Crippen molar-refractivity contribution >= 4 is 11.9 Å². The van der Waals surface area contributed by atoms with E-state index in [2.05, 4.69) is 114 Å². The quantitative estimate of drug-likeness (QED) is 0.408. The fourth-order valence-corrected chi connectivity index (χ4v) is 6.28. The Morgan fingerprint density at radius 3 is 2.12 bits per heavy atom. The normalized spacial score (nSPS) is 21.4. The highest BCUT2D eigenvalue weighted by molar-refractivity contribution is 6.46. The molecule has 34 heavy (non-hydrogen) atoms. The monoisotopic (exact) mass is 436 g/mol. The Kier molecular flexibility index (Phi) is 4.34. The Labute approximate surface area is 200 Å². The molecular weight excluding hydrogens is 410 g/mol. The second-order valence-corrected chi connectivity index (χ2v) is 9.62. The maximum Gasteiger partial charge on any atom is 0.415 e. The first-order valence-corrected chi connectivity index (χ1v) is 12.3. The summed E-state index contributed by atoms with van der Waals surface area (Å²) in [6.45, 7) is 0. The van der Waals surface area contributed by atoms with Crippen molar-refractivity contribution in [3.8, 4) is 0 Å². The van der Waals surface area contributed by atoms with Gasteiger partial charge >= 0.3 is 11.9 Å². The van der Waals surface area contributed by atoms with Crippen LogP contribution in [0.4, 0.5) is 0 Å². The van der Waals surface area contributed by atoms with E-state index in [-0.39, 0.29) is 5.41 Å². The van der Waals surface area contributed by atoms with Crippen LogP contribution in [0, 0.1) is 0 Å². The summed E-state index contributed by atoms with van der Waals surface area (Å²) in [5.41, 5.74) is 12.1. The number of allylic oxidation sites excluding steroid dienone is 8. The Hall–Kier alpha value is -3.93. The Balaban J connectivity index is 1.44. The Morgan fingerprint density at radius 2 is 1.47 bits per heavy atom. The highest BCUT2D eigenvalue weighted by Gasteiger charge is 2.50. The maximum absolute atomic E-state index is 4.24. The first kappa shape index (κ1) is 19.5. The molecule has 4 aliphatic rings. The molecule has 0 N–H and O–H groups in total. The average molecular weight is 437 g/mol. The molecule has 0 aromatic heterocycles. The minimum Gasteiger partial charge on any atom is -0.0836 e. The van der Waals surface area contributed by atoms with Crippen LogP contribution in [0.2, 0.25) is 0 Å². The van der Waals surface area contributed by atoms with Gasteiger partial charge in [-0.25, -0.2) is 0 Å². The van der Waals surface area contributed by atoms with Gasteiger partial charge in [-0.05, 0) is 70.4 Å². The molecule has 0 saturated heterocycles. The second kappa shape index (κ2) is 7.55. The number of benzene rings is 3. The predicted molar refractivity (Wildman–Crippen MR) is 141 cm³/mol. The highest BCUT2D eigenvalue weighted by Crippen LogP contribution is 2.60. The smallest absolute Gasteiger partial charge is 0.0836 e. The summed E-state index contributed by atoms with van der Waals surface area (Å²) in [6.07, 6.45) is 15.0. The van der Waals surface area contributed by atoms with Crippen molar-refractivity contribution in [3.63, 3.8) is 0 Å². The van der Waals surface area contributed by atoms with Gasteiger partial charge in [0.1, 0.15) is 0 Å². The molecule has 0 spiro atoms. The molecule has 3 aliphatic carbocycles. The molecule has 1 heterocycles. The third-order valence-corrected chi connectivity index (χ3v) is 7.86. The summed E-state index contributed by atoms with van der Waals surface area (Å²) in [7, 11) is 0. The molecule has 162 valence electrons. The van der Waals surface area contributed by atoms with Gasteiger partial charge in [0.2, 0.25) is 0 Å². The van der Waals surface area contributed by atoms with Gasteiger partial charge in [0.15, 0.2) is 0 Å².